The van der Waals surface area contributed by atoms with Gasteiger partial charge >= 0.3 is 0 Å². The molecule has 5 nitrogen and oxygen atoms in total. The molecule has 6 heteroatoms. The van der Waals surface area contributed by atoms with Gasteiger partial charge in [-0.2, -0.15) is 10.2 Å². The van der Waals surface area contributed by atoms with Crippen molar-refractivity contribution >= 4 is 0 Å². The maximum atomic E-state index is 13.6. The van der Waals surface area contributed by atoms with Crippen LogP contribution in [0.4, 0.5) is 4.39 Å². The van der Waals surface area contributed by atoms with Crippen LogP contribution in [0, 0.1) is 26.6 Å². The van der Waals surface area contributed by atoms with Crippen LogP contribution in [-0.2, 0) is 6.54 Å². The van der Waals surface area contributed by atoms with Gasteiger partial charge < -0.3 is 5.32 Å². The van der Waals surface area contributed by atoms with E-state index in [9.17, 15) is 4.39 Å². The molecule has 30 heavy (non-hydrogen) atoms. The van der Waals surface area contributed by atoms with E-state index < -0.39 is 0 Å². The first-order valence-corrected chi connectivity index (χ1v) is 10.1. The molecule has 4 rings (SSSR count). The van der Waals surface area contributed by atoms with Crippen molar-refractivity contribution in [2.24, 2.45) is 0 Å². The van der Waals surface area contributed by atoms with Crippen molar-refractivity contribution in [2.75, 3.05) is 0 Å². The largest absolute Gasteiger partial charge is 0.306 e. The number of hydrogen-bond donors (Lipinski definition) is 1. The second-order valence-corrected chi connectivity index (χ2v) is 7.71. The molecule has 0 saturated heterocycles. The second kappa shape index (κ2) is 8.24. The van der Waals surface area contributed by atoms with Gasteiger partial charge in [0.05, 0.1) is 17.6 Å². The Morgan fingerprint density at radius 1 is 1.07 bits per heavy atom. The fourth-order valence-electron chi connectivity index (χ4n) is 3.90. The molecule has 1 atom stereocenters. The minimum atomic E-state index is -0.267. The molecule has 4 aromatic rings. The summed E-state index contributed by atoms with van der Waals surface area (Å²) in [7, 11) is 0. The Morgan fingerprint density at radius 2 is 1.90 bits per heavy atom. The van der Waals surface area contributed by atoms with Gasteiger partial charge in [0.2, 0.25) is 0 Å². The lowest BCUT2D eigenvalue weighted by Gasteiger charge is -2.18. The number of hydrogen-bond acceptors (Lipinski definition) is 3. The Labute approximate surface area is 176 Å². The van der Waals surface area contributed by atoms with E-state index in [0.29, 0.717) is 6.54 Å². The number of aryl methyl sites for hydroxylation is 2. The van der Waals surface area contributed by atoms with Gasteiger partial charge in [0, 0.05) is 36.2 Å². The molecule has 2 aromatic carbocycles. The molecule has 0 amide bonds. The van der Waals surface area contributed by atoms with Gasteiger partial charge in [-0.05, 0) is 74.7 Å². The van der Waals surface area contributed by atoms with Crippen molar-refractivity contribution in [3.05, 3.63) is 94.8 Å². The third-order valence-electron chi connectivity index (χ3n) is 5.50. The molecule has 0 saturated carbocycles. The Bertz CT molecular complexity index is 1160. The minimum absolute atomic E-state index is 0.0819. The smallest absolute Gasteiger partial charge is 0.125 e. The SMILES string of the molecule is Cc1cc(C)c(CN[C@H](C)c2cnn(-c3cccc(F)c3)c2C)c(-n2cccn2)c1. The summed E-state index contributed by atoms with van der Waals surface area (Å²) in [6, 6.07) is 12.9. The van der Waals surface area contributed by atoms with Crippen LogP contribution in [-0.4, -0.2) is 19.6 Å². The summed E-state index contributed by atoms with van der Waals surface area (Å²) < 4.78 is 17.3. The van der Waals surface area contributed by atoms with Crippen molar-refractivity contribution in [2.45, 2.75) is 40.3 Å². The lowest BCUT2D eigenvalue weighted by Crippen LogP contribution is -2.20. The molecule has 1 N–H and O–H groups in total. The van der Waals surface area contributed by atoms with E-state index in [0.717, 1.165) is 22.6 Å². The van der Waals surface area contributed by atoms with E-state index in [1.54, 1.807) is 16.9 Å². The zero-order valence-corrected chi connectivity index (χ0v) is 17.7. The number of halogens is 1. The number of aromatic nitrogens is 4. The van der Waals surface area contributed by atoms with Crippen LogP contribution in [0.15, 0.2) is 61.1 Å². The summed E-state index contributed by atoms with van der Waals surface area (Å²) in [5, 5.41) is 12.5. The van der Waals surface area contributed by atoms with E-state index >= 15 is 0 Å². The highest BCUT2D eigenvalue weighted by Crippen LogP contribution is 2.24. The first-order valence-electron chi connectivity index (χ1n) is 10.1. The summed E-state index contributed by atoms with van der Waals surface area (Å²) in [6.07, 6.45) is 5.62. The Morgan fingerprint density at radius 3 is 2.63 bits per heavy atom. The third kappa shape index (κ3) is 3.91. The molecule has 0 unspecified atom stereocenters. The maximum Gasteiger partial charge on any atom is 0.125 e. The molecule has 0 aliphatic rings. The van der Waals surface area contributed by atoms with Crippen molar-refractivity contribution in [3.63, 3.8) is 0 Å². The van der Waals surface area contributed by atoms with Gasteiger partial charge in [-0.15, -0.1) is 0 Å². The average molecular weight is 404 g/mol. The number of benzene rings is 2. The van der Waals surface area contributed by atoms with Crippen molar-refractivity contribution in [3.8, 4) is 11.4 Å². The molecule has 0 bridgehead atoms. The summed E-state index contributed by atoms with van der Waals surface area (Å²) >= 11 is 0. The monoisotopic (exact) mass is 403 g/mol. The van der Waals surface area contributed by atoms with Crippen LogP contribution in [0.1, 0.15) is 40.9 Å². The second-order valence-electron chi connectivity index (χ2n) is 7.71. The zero-order chi connectivity index (χ0) is 21.3. The van der Waals surface area contributed by atoms with Crippen LogP contribution in [0.3, 0.4) is 0 Å². The van der Waals surface area contributed by atoms with Gasteiger partial charge in [0.15, 0.2) is 0 Å². The first kappa shape index (κ1) is 20.0. The summed E-state index contributed by atoms with van der Waals surface area (Å²) in [5.41, 5.74) is 7.55. The standard InChI is InChI=1S/C24H26FN5/c1-16-11-17(2)22(24(12-16)29-10-6-9-27-29)14-26-18(3)23-15-28-30(19(23)4)21-8-5-7-20(25)13-21/h5-13,15,18,26H,14H2,1-4H3/t18-/m1/s1. The lowest BCUT2D eigenvalue weighted by molar-refractivity contribution is 0.568. The van der Waals surface area contributed by atoms with Gasteiger partial charge in [0.1, 0.15) is 5.82 Å². The van der Waals surface area contributed by atoms with Crippen molar-refractivity contribution in [1.82, 2.24) is 24.9 Å². The summed E-state index contributed by atoms with van der Waals surface area (Å²) in [6.45, 7) is 9.07. The van der Waals surface area contributed by atoms with Gasteiger partial charge in [-0.25, -0.2) is 13.8 Å². The van der Waals surface area contributed by atoms with E-state index in [-0.39, 0.29) is 11.9 Å². The first-order chi connectivity index (χ1) is 14.4. The van der Waals surface area contributed by atoms with E-state index in [2.05, 4.69) is 48.4 Å². The van der Waals surface area contributed by atoms with Crippen LogP contribution >= 0.6 is 0 Å². The molecule has 154 valence electrons. The van der Waals surface area contributed by atoms with Gasteiger partial charge in [-0.1, -0.05) is 12.1 Å². The van der Waals surface area contributed by atoms with Crippen LogP contribution in [0.25, 0.3) is 11.4 Å². The zero-order valence-electron chi connectivity index (χ0n) is 17.7. The summed E-state index contributed by atoms with van der Waals surface area (Å²) in [4.78, 5) is 0. The van der Waals surface area contributed by atoms with Gasteiger partial charge in [-0.3, -0.25) is 0 Å². The normalized spacial score (nSPS) is 12.3. The fourth-order valence-corrected chi connectivity index (χ4v) is 3.90. The predicted molar refractivity (Wildman–Crippen MR) is 117 cm³/mol. The molecular weight excluding hydrogens is 377 g/mol. The minimum Gasteiger partial charge on any atom is -0.306 e. The Kier molecular flexibility index (Phi) is 5.50. The Hall–Kier alpha value is -3.25. The highest BCUT2D eigenvalue weighted by atomic mass is 19.1. The Balaban J connectivity index is 1.57. The van der Waals surface area contributed by atoms with E-state index in [4.69, 9.17) is 0 Å². The topological polar surface area (TPSA) is 47.7 Å². The summed E-state index contributed by atoms with van der Waals surface area (Å²) in [5.74, 6) is -0.267. The molecule has 2 aromatic heterocycles. The average Bonchev–Trinajstić information content (AvgIpc) is 3.36. The van der Waals surface area contributed by atoms with Crippen LogP contribution in [0.2, 0.25) is 0 Å². The third-order valence-corrected chi connectivity index (χ3v) is 5.50. The molecule has 0 radical (unpaired) electrons. The molecule has 0 aliphatic heterocycles. The molecule has 0 fully saturated rings. The quantitative estimate of drug-likeness (QED) is 0.494. The van der Waals surface area contributed by atoms with E-state index in [1.165, 1.54) is 28.8 Å². The fraction of sp³-hybridized carbons (Fsp3) is 0.250. The molecule has 0 spiro atoms. The number of nitrogens with zero attached hydrogens (tertiary/aromatic N) is 4. The molecular formula is C24H26FN5. The molecule has 0 aliphatic carbocycles. The number of nitrogens with one attached hydrogen (secondary N) is 1. The van der Waals surface area contributed by atoms with Crippen LogP contribution in [0.5, 0.6) is 0 Å². The molecule has 2 heterocycles. The van der Waals surface area contributed by atoms with E-state index in [1.807, 2.05) is 36.1 Å². The van der Waals surface area contributed by atoms with Crippen molar-refractivity contribution in [1.29, 1.82) is 0 Å². The lowest BCUT2D eigenvalue weighted by atomic mass is 10.0. The highest BCUT2D eigenvalue weighted by molar-refractivity contribution is 5.48. The predicted octanol–water partition coefficient (Wildman–Crippen LogP) is 4.97. The number of rotatable bonds is 6. The maximum absolute atomic E-state index is 13.6. The van der Waals surface area contributed by atoms with Crippen LogP contribution < -0.4 is 5.32 Å². The highest BCUT2D eigenvalue weighted by Gasteiger charge is 2.16. The van der Waals surface area contributed by atoms with Gasteiger partial charge in [0.25, 0.3) is 0 Å². The van der Waals surface area contributed by atoms with Crippen molar-refractivity contribution < 1.29 is 4.39 Å².